The predicted molar refractivity (Wildman–Crippen MR) is 103 cm³/mol. The van der Waals surface area contributed by atoms with Crippen LogP contribution in [0.1, 0.15) is 35.4 Å². The molecule has 0 saturated heterocycles. The third-order valence-corrected chi connectivity index (χ3v) is 5.56. The lowest BCUT2D eigenvalue weighted by Crippen LogP contribution is -1.97. The van der Waals surface area contributed by atoms with E-state index in [1.54, 1.807) is 0 Å². The van der Waals surface area contributed by atoms with Crippen molar-refractivity contribution in [1.82, 2.24) is 0 Å². The van der Waals surface area contributed by atoms with Crippen LogP contribution < -0.4 is 0 Å². The molecule has 2 rings (SSSR count). The van der Waals surface area contributed by atoms with Gasteiger partial charge in [0.15, 0.2) is 0 Å². The maximum Gasteiger partial charge on any atom is 0.0655 e. The number of halogens is 3. The minimum absolute atomic E-state index is 0.222. The Morgan fingerprint density at radius 1 is 1.05 bits per heavy atom. The van der Waals surface area contributed by atoms with Gasteiger partial charge in [-0.2, -0.15) is 0 Å². The quantitative estimate of drug-likeness (QED) is 0.318. The summed E-state index contributed by atoms with van der Waals surface area (Å²) in [6.45, 7) is 4.51. The average Bonchev–Trinajstić information content (AvgIpc) is 2.41. The maximum absolute atomic E-state index is 3.82. The summed E-state index contributed by atoms with van der Waals surface area (Å²) in [4.78, 5) is 0.222. The largest absolute Gasteiger partial charge is 0.0786 e. The van der Waals surface area contributed by atoms with Crippen molar-refractivity contribution in [3.05, 3.63) is 67.2 Å². The first-order valence-corrected chi connectivity index (χ1v) is 9.44. The first kappa shape index (κ1) is 16.5. The Kier molecular flexibility index (Phi) is 6.11. The monoisotopic (exact) mass is 506 g/mol. The van der Waals surface area contributed by atoms with E-state index < -0.39 is 0 Å². The standard InChI is InChI=1S/C17H17Br2I/c1-11(2)9-12-3-5-13(6-4-12)17(19)15-10-14(20)7-8-16(15)18/h3-8,10-11,17H,9H2,1-2H3. The highest BCUT2D eigenvalue weighted by Gasteiger charge is 2.14. The molecule has 20 heavy (non-hydrogen) atoms. The van der Waals surface area contributed by atoms with E-state index in [0.717, 1.165) is 10.9 Å². The van der Waals surface area contributed by atoms with Crippen LogP contribution in [0.2, 0.25) is 0 Å². The summed E-state index contributed by atoms with van der Waals surface area (Å²) in [6.07, 6.45) is 1.14. The molecule has 0 aliphatic heterocycles. The van der Waals surface area contributed by atoms with Gasteiger partial charge in [0.1, 0.15) is 0 Å². The number of hydrogen-bond acceptors (Lipinski definition) is 0. The lowest BCUT2D eigenvalue weighted by Gasteiger charge is -2.14. The van der Waals surface area contributed by atoms with Crippen LogP contribution >= 0.6 is 54.5 Å². The van der Waals surface area contributed by atoms with Gasteiger partial charge in [0, 0.05) is 8.04 Å². The lowest BCUT2D eigenvalue weighted by atomic mass is 9.99. The van der Waals surface area contributed by atoms with Crippen molar-refractivity contribution in [2.75, 3.05) is 0 Å². The Morgan fingerprint density at radius 3 is 2.30 bits per heavy atom. The van der Waals surface area contributed by atoms with Gasteiger partial charge in [0.2, 0.25) is 0 Å². The average molecular weight is 508 g/mol. The van der Waals surface area contributed by atoms with E-state index in [2.05, 4.69) is 111 Å². The fourth-order valence-electron chi connectivity index (χ4n) is 2.18. The predicted octanol–water partition coefficient (Wildman–Crippen LogP) is 6.74. The van der Waals surface area contributed by atoms with Crippen LogP contribution in [0, 0.1) is 9.49 Å². The van der Waals surface area contributed by atoms with Crippen molar-refractivity contribution in [2.24, 2.45) is 5.92 Å². The zero-order valence-corrected chi connectivity index (χ0v) is 16.9. The van der Waals surface area contributed by atoms with Crippen molar-refractivity contribution in [2.45, 2.75) is 25.1 Å². The summed E-state index contributed by atoms with van der Waals surface area (Å²) >= 11 is 9.81. The lowest BCUT2D eigenvalue weighted by molar-refractivity contribution is 0.647. The van der Waals surface area contributed by atoms with Crippen LogP contribution in [0.4, 0.5) is 0 Å². The molecule has 0 heterocycles. The summed E-state index contributed by atoms with van der Waals surface area (Å²) in [5.41, 5.74) is 3.97. The molecule has 0 radical (unpaired) electrons. The number of benzene rings is 2. The van der Waals surface area contributed by atoms with Crippen molar-refractivity contribution >= 4 is 54.5 Å². The molecule has 0 aliphatic rings. The van der Waals surface area contributed by atoms with Gasteiger partial charge in [-0.25, -0.2) is 0 Å². The highest BCUT2D eigenvalue weighted by molar-refractivity contribution is 14.1. The molecular formula is C17H17Br2I. The van der Waals surface area contributed by atoms with Crippen molar-refractivity contribution < 1.29 is 0 Å². The summed E-state index contributed by atoms with van der Waals surface area (Å²) in [6, 6.07) is 15.4. The first-order valence-electron chi connectivity index (χ1n) is 6.65. The van der Waals surface area contributed by atoms with Gasteiger partial charge in [-0.15, -0.1) is 0 Å². The smallest absolute Gasteiger partial charge is 0.0655 e. The number of alkyl halides is 1. The van der Waals surface area contributed by atoms with Gasteiger partial charge in [-0.3, -0.25) is 0 Å². The molecule has 0 N–H and O–H groups in total. The Balaban J connectivity index is 2.24. The Morgan fingerprint density at radius 2 is 1.70 bits per heavy atom. The summed E-state index contributed by atoms with van der Waals surface area (Å²) in [5, 5.41) is 0. The molecule has 3 heteroatoms. The fourth-order valence-corrected chi connectivity index (χ4v) is 4.16. The van der Waals surface area contributed by atoms with E-state index in [9.17, 15) is 0 Å². The van der Waals surface area contributed by atoms with Crippen LogP contribution in [-0.4, -0.2) is 0 Å². The van der Waals surface area contributed by atoms with Crippen LogP contribution in [0.3, 0.4) is 0 Å². The van der Waals surface area contributed by atoms with E-state index >= 15 is 0 Å². The summed E-state index contributed by atoms with van der Waals surface area (Å²) in [7, 11) is 0. The van der Waals surface area contributed by atoms with E-state index in [1.807, 2.05) is 0 Å². The van der Waals surface area contributed by atoms with Gasteiger partial charge in [0.25, 0.3) is 0 Å². The minimum Gasteiger partial charge on any atom is -0.0786 e. The van der Waals surface area contributed by atoms with Crippen LogP contribution in [0.5, 0.6) is 0 Å². The molecule has 1 atom stereocenters. The normalized spacial score (nSPS) is 12.7. The summed E-state index contributed by atoms with van der Waals surface area (Å²) in [5.74, 6) is 0.700. The zero-order valence-electron chi connectivity index (χ0n) is 11.5. The molecule has 2 aromatic rings. The van der Waals surface area contributed by atoms with Crippen LogP contribution in [0.25, 0.3) is 0 Å². The van der Waals surface area contributed by atoms with Crippen molar-refractivity contribution in [3.8, 4) is 0 Å². The second-order valence-corrected chi connectivity index (χ2v) is 8.38. The Bertz CT molecular complexity index is 576. The molecule has 0 saturated carbocycles. The highest BCUT2D eigenvalue weighted by atomic mass is 127. The fraction of sp³-hybridized carbons (Fsp3) is 0.294. The molecule has 0 aliphatic carbocycles. The highest BCUT2D eigenvalue weighted by Crippen LogP contribution is 2.36. The zero-order chi connectivity index (χ0) is 14.7. The molecular weight excluding hydrogens is 491 g/mol. The van der Waals surface area contributed by atoms with Gasteiger partial charge >= 0.3 is 0 Å². The molecule has 106 valence electrons. The van der Waals surface area contributed by atoms with E-state index in [4.69, 9.17) is 0 Å². The second-order valence-electron chi connectivity index (χ2n) is 5.37. The van der Waals surface area contributed by atoms with Gasteiger partial charge < -0.3 is 0 Å². The van der Waals surface area contributed by atoms with Gasteiger partial charge in [0.05, 0.1) is 4.83 Å². The molecule has 2 aromatic carbocycles. The second kappa shape index (κ2) is 7.41. The van der Waals surface area contributed by atoms with Crippen LogP contribution in [-0.2, 0) is 6.42 Å². The third-order valence-electron chi connectivity index (χ3n) is 3.15. The van der Waals surface area contributed by atoms with Crippen molar-refractivity contribution in [3.63, 3.8) is 0 Å². The molecule has 0 fully saturated rings. The van der Waals surface area contributed by atoms with Crippen molar-refractivity contribution in [1.29, 1.82) is 0 Å². The third kappa shape index (κ3) is 4.31. The Hall–Kier alpha value is 0.130. The van der Waals surface area contributed by atoms with Gasteiger partial charge in [-0.05, 0) is 69.8 Å². The molecule has 0 amide bonds. The number of rotatable bonds is 4. The molecule has 0 bridgehead atoms. The topological polar surface area (TPSA) is 0 Å². The molecule has 1 unspecified atom stereocenters. The van der Waals surface area contributed by atoms with Gasteiger partial charge in [-0.1, -0.05) is 70.0 Å². The van der Waals surface area contributed by atoms with Crippen LogP contribution in [0.15, 0.2) is 46.9 Å². The minimum atomic E-state index is 0.222. The van der Waals surface area contributed by atoms with E-state index in [1.165, 1.54) is 20.3 Å². The molecule has 0 spiro atoms. The van der Waals surface area contributed by atoms with E-state index in [-0.39, 0.29) is 4.83 Å². The number of hydrogen-bond donors (Lipinski definition) is 0. The first-order chi connectivity index (χ1) is 9.47. The summed E-state index contributed by atoms with van der Waals surface area (Å²) < 4.78 is 2.40. The molecule has 0 nitrogen and oxygen atoms in total. The maximum atomic E-state index is 3.82. The SMILES string of the molecule is CC(C)Cc1ccc(C(Br)c2cc(I)ccc2Br)cc1. The van der Waals surface area contributed by atoms with E-state index in [0.29, 0.717) is 5.92 Å². The Labute approximate surface area is 151 Å². The molecule has 0 aromatic heterocycles.